The Hall–Kier alpha value is -2.27. The predicted octanol–water partition coefficient (Wildman–Crippen LogP) is 2.24. The molecule has 0 saturated carbocycles. The maximum Gasteiger partial charge on any atom is 0.269 e. The lowest BCUT2D eigenvalue weighted by Gasteiger charge is -2.07. The van der Waals surface area contributed by atoms with E-state index in [1.165, 1.54) is 11.8 Å². The highest BCUT2D eigenvalue weighted by Crippen LogP contribution is 2.15. The molecule has 2 aromatic carbocycles. The molecule has 5 heteroatoms. The van der Waals surface area contributed by atoms with Crippen LogP contribution in [0.1, 0.15) is 10.4 Å². The number of carbonyl (C=O) groups excluding carboxylic acids is 2. The van der Waals surface area contributed by atoms with Crippen molar-refractivity contribution in [1.82, 2.24) is 10.9 Å². The topological polar surface area (TPSA) is 58.2 Å². The number of hydrogen-bond acceptors (Lipinski definition) is 3. The van der Waals surface area contributed by atoms with Crippen LogP contribution in [-0.2, 0) is 4.79 Å². The van der Waals surface area contributed by atoms with Crippen LogP contribution in [0.3, 0.4) is 0 Å². The van der Waals surface area contributed by atoms with Crippen LogP contribution in [0.25, 0.3) is 0 Å². The highest BCUT2D eigenvalue weighted by molar-refractivity contribution is 8.00. The van der Waals surface area contributed by atoms with Gasteiger partial charge in [-0.25, -0.2) is 0 Å². The Balaban J connectivity index is 1.74. The van der Waals surface area contributed by atoms with Crippen LogP contribution >= 0.6 is 11.8 Å². The minimum absolute atomic E-state index is 0.247. The first-order chi connectivity index (χ1) is 9.75. The monoisotopic (exact) mass is 286 g/mol. The summed E-state index contributed by atoms with van der Waals surface area (Å²) in [5, 5.41) is 0. The van der Waals surface area contributed by atoms with E-state index >= 15 is 0 Å². The molecule has 2 rings (SSSR count). The summed E-state index contributed by atoms with van der Waals surface area (Å²) in [6, 6.07) is 18.3. The second-order valence-corrected chi connectivity index (χ2v) is 5.02. The number of rotatable bonds is 4. The van der Waals surface area contributed by atoms with Crippen LogP contribution in [0.4, 0.5) is 0 Å². The number of nitrogens with one attached hydrogen (secondary N) is 2. The highest BCUT2D eigenvalue weighted by Gasteiger charge is 2.06. The molecular weight excluding hydrogens is 272 g/mol. The third-order valence-electron chi connectivity index (χ3n) is 2.46. The minimum atomic E-state index is -0.330. The first-order valence-electron chi connectivity index (χ1n) is 6.08. The van der Waals surface area contributed by atoms with Gasteiger partial charge in [0.15, 0.2) is 0 Å². The van der Waals surface area contributed by atoms with E-state index < -0.39 is 0 Å². The fourth-order valence-electron chi connectivity index (χ4n) is 1.49. The molecule has 0 aliphatic heterocycles. The standard InChI is InChI=1S/C15H14N2O2S/c18-14(11-20-13-9-5-2-6-10-13)16-17-15(19)12-7-3-1-4-8-12/h1-10H,11H2,(H,16,18)(H,17,19). The molecule has 0 saturated heterocycles. The van der Waals surface area contributed by atoms with Gasteiger partial charge < -0.3 is 0 Å². The van der Waals surface area contributed by atoms with Gasteiger partial charge in [-0.2, -0.15) is 0 Å². The molecule has 2 amide bonds. The lowest BCUT2D eigenvalue weighted by atomic mass is 10.2. The molecule has 0 radical (unpaired) electrons. The molecule has 0 fully saturated rings. The molecule has 0 unspecified atom stereocenters. The van der Waals surface area contributed by atoms with E-state index in [1.807, 2.05) is 36.4 Å². The van der Waals surface area contributed by atoms with Gasteiger partial charge in [0.05, 0.1) is 5.75 Å². The summed E-state index contributed by atoms with van der Waals surface area (Å²) < 4.78 is 0. The van der Waals surface area contributed by atoms with Crippen molar-refractivity contribution in [2.75, 3.05) is 5.75 Å². The number of amides is 2. The number of thioether (sulfide) groups is 1. The maximum absolute atomic E-state index is 11.7. The predicted molar refractivity (Wildman–Crippen MR) is 79.2 cm³/mol. The zero-order chi connectivity index (χ0) is 14.2. The van der Waals surface area contributed by atoms with Gasteiger partial charge in [0.25, 0.3) is 5.91 Å². The largest absolute Gasteiger partial charge is 0.272 e. The van der Waals surface area contributed by atoms with E-state index in [4.69, 9.17) is 0 Å². The zero-order valence-electron chi connectivity index (χ0n) is 10.7. The van der Waals surface area contributed by atoms with E-state index in [-0.39, 0.29) is 17.6 Å². The summed E-state index contributed by atoms with van der Waals surface area (Å²) in [4.78, 5) is 24.3. The van der Waals surface area contributed by atoms with Gasteiger partial charge in [0.1, 0.15) is 0 Å². The quantitative estimate of drug-likeness (QED) is 0.669. The smallest absolute Gasteiger partial charge is 0.269 e. The molecule has 2 aromatic rings. The van der Waals surface area contributed by atoms with Crippen molar-refractivity contribution in [3.8, 4) is 0 Å². The van der Waals surface area contributed by atoms with Gasteiger partial charge in [0, 0.05) is 10.5 Å². The van der Waals surface area contributed by atoms with E-state index in [2.05, 4.69) is 10.9 Å². The summed E-state index contributed by atoms with van der Waals surface area (Å²) in [6.07, 6.45) is 0. The number of hydrogen-bond donors (Lipinski definition) is 2. The van der Waals surface area contributed by atoms with Crippen molar-refractivity contribution < 1.29 is 9.59 Å². The highest BCUT2D eigenvalue weighted by atomic mass is 32.2. The summed E-state index contributed by atoms with van der Waals surface area (Å²) >= 11 is 1.41. The molecule has 0 aromatic heterocycles. The van der Waals surface area contributed by atoms with E-state index in [1.54, 1.807) is 24.3 Å². The number of hydrazine groups is 1. The summed E-state index contributed by atoms with van der Waals surface area (Å²) in [6.45, 7) is 0. The molecule has 20 heavy (non-hydrogen) atoms. The van der Waals surface area contributed by atoms with Crippen LogP contribution in [0.5, 0.6) is 0 Å². The number of benzene rings is 2. The third-order valence-corrected chi connectivity index (χ3v) is 3.48. The SMILES string of the molecule is O=C(CSc1ccccc1)NNC(=O)c1ccccc1. The Bertz CT molecular complexity index is 573. The molecule has 0 heterocycles. The third kappa shape index (κ3) is 4.44. The van der Waals surface area contributed by atoms with Crippen molar-refractivity contribution in [1.29, 1.82) is 0 Å². The van der Waals surface area contributed by atoms with Gasteiger partial charge in [0.2, 0.25) is 5.91 Å². The van der Waals surface area contributed by atoms with Crippen molar-refractivity contribution >= 4 is 23.6 Å². The lowest BCUT2D eigenvalue weighted by Crippen LogP contribution is -2.42. The van der Waals surface area contributed by atoms with Gasteiger partial charge in [-0.3, -0.25) is 20.4 Å². The minimum Gasteiger partial charge on any atom is -0.272 e. The molecule has 2 N–H and O–H groups in total. The first-order valence-corrected chi connectivity index (χ1v) is 7.06. The Morgan fingerprint density at radius 3 is 2.10 bits per heavy atom. The van der Waals surface area contributed by atoms with E-state index in [0.717, 1.165) is 4.90 Å². The second kappa shape index (κ2) is 7.35. The fraction of sp³-hybridized carbons (Fsp3) is 0.0667. The van der Waals surface area contributed by atoms with Crippen LogP contribution in [0.2, 0.25) is 0 Å². The molecule has 0 aliphatic rings. The average Bonchev–Trinajstić information content (AvgIpc) is 2.52. The molecule has 0 bridgehead atoms. The zero-order valence-corrected chi connectivity index (χ0v) is 11.5. The second-order valence-electron chi connectivity index (χ2n) is 3.97. The molecular formula is C15H14N2O2S. The van der Waals surface area contributed by atoms with Crippen LogP contribution in [0, 0.1) is 0 Å². The fourth-order valence-corrected chi connectivity index (χ4v) is 2.21. The first kappa shape index (κ1) is 14.1. The van der Waals surface area contributed by atoms with Gasteiger partial charge in [-0.15, -0.1) is 11.8 Å². The average molecular weight is 286 g/mol. The molecule has 4 nitrogen and oxygen atoms in total. The van der Waals surface area contributed by atoms with Gasteiger partial charge >= 0.3 is 0 Å². The van der Waals surface area contributed by atoms with Crippen molar-refractivity contribution in [2.45, 2.75) is 4.90 Å². The summed E-state index contributed by atoms with van der Waals surface area (Å²) in [7, 11) is 0. The normalized spacial score (nSPS) is 9.80. The Morgan fingerprint density at radius 1 is 0.850 bits per heavy atom. The lowest BCUT2D eigenvalue weighted by molar-refractivity contribution is -0.119. The van der Waals surface area contributed by atoms with Crippen molar-refractivity contribution in [3.63, 3.8) is 0 Å². The van der Waals surface area contributed by atoms with Gasteiger partial charge in [-0.05, 0) is 24.3 Å². The number of carbonyl (C=O) groups is 2. The summed E-state index contributed by atoms with van der Waals surface area (Å²) in [5.41, 5.74) is 5.28. The Labute approximate surface area is 121 Å². The molecule has 0 atom stereocenters. The van der Waals surface area contributed by atoms with Crippen LogP contribution in [0.15, 0.2) is 65.6 Å². The maximum atomic E-state index is 11.7. The van der Waals surface area contributed by atoms with Crippen LogP contribution in [-0.4, -0.2) is 17.6 Å². The molecule has 0 spiro atoms. The van der Waals surface area contributed by atoms with E-state index in [9.17, 15) is 9.59 Å². The van der Waals surface area contributed by atoms with Crippen molar-refractivity contribution in [2.24, 2.45) is 0 Å². The Kier molecular flexibility index (Phi) is 5.20. The van der Waals surface area contributed by atoms with Crippen LogP contribution < -0.4 is 10.9 Å². The Morgan fingerprint density at radius 2 is 1.45 bits per heavy atom. The molecule has 102 valence electrons. The van der Waals surface area contributed by atoms with Crippen molar-refractivity contribution in [3.05, 3.63) is 66.2 Å². The molecule has 0 aliphatic carbocycles. The van der Waals surface area contributed by atoms with Gasteiger partial charge in [-0.1, -0.05) is 36.4 Å². The van der Waals surface area contributed by atoms with E-state index in [0.29, 0.717) is 5.56 Å². The summed E-state index contributed by atoms with van der Waals surface area (Å²) in [5.74, 6) is -0.328.